The molecular weight excluding hydrogens is 681 g/mol. The highest BCUT2D eigenvalue weighted by atomic mass is 19.2. The summed E-state index contributed by atoms with van der Waals surface area (Å²) in [7, 11) is 0. The summed E-state index contributed by atoms with van der Waals surface area (Å²) in [6, 6.07) is 44.5. The molecule has 0 radical (unpaired) electrons. The number of hydrogen-bond donors (Lipinski definition) is 0. The molecule has 6 heteroatoms. The molecule has 254 valence electrons. The maximum Gasteiger partial charge on any atom is 0.170 e. The third kappa shape index (κ3) is 4.16. The Morgan fingerprint density at radius 1 is 0.241 bits per heavy atom. The molecule has 2 nitrogen and oxygen atoms in total. The smallest absolute Gasteiger partial charge is 0.170 e. The maximum atomic E-state index is 17.2. The Hall–Kier alpha value is -6.92. The van der Waals surface area contributed by atoms with Gasteiger partial charge in [0, 0.05) is 54.2 Å². The molecule has 0 aliphatic heterocycles. The van der Waals surface area contributed by atoms with Crippen LogP contribution in [0.2, 0.25) is 0 Å². The van der Waals surface area contributed by atoms with Gasteiger partial charge in [-0.05, 0) is 21.5 Å². The van der Waals surface area contributed by atoms with E-state index in [0.717, 1.165) is 43.1 Å². The van der Waals surface area contributed by atoms with Gasteiger partial charge in [0.25, 0.3) is 0 Å². The second kappa shape index (κ2) is 11.3. The van der Waals surface area contributed by atoms with E-state index in [4.69, 9.17) is 9.97 Å². The van der Waals surface area contributed by atoms with Gasteiger partial charge in [-0.15, -0.1) is 0 Å². The largest absolute Gasteiger partial charge is 0.246 e. The van der Waals surface area contributed by atoms with Crippen molar-refractivity contribution in [2.45, 2.75) is 0 Å². The van der Waals surface area contributed by atoms with Gasteiger partial charge < -0.3 is 0 Å². The van der Waals surface area contributed by atoms with Crippen LogP contribution in [0.3, 0.4) is 0 Å². The first-order valence-electron chi connectivity index (χ1n) is 17.6. The first kappa shape index (κ1) is 30.7. The molecule has 54 heavy (non-hydrogen) atoms. The van der Waals surface area contributed by atoms with E-state index in [1.165, 1.54) is 0 Å². The normalized spacial score (nSPS) is 12.1. The monoisotopic (exact) mass is 704 g/mol. The number of benzene rings is 9. The van der Waals surface area contributed by atoms with Crippen molar-refractivity contribution in [3.8, 4) is 22.3 Å². The minimum Gasteiger partial charge on any atom is -0.246 e. The number of aromatic nitrogens is 2. The molecule has 0 aliphatic rings. The van der Waals surface area contributed by atoms with Crippen LogP contribution in [-0.4, -0.2) is 9.97 Å². The molecule has 0 spiro atoms. The number of hydrogen-bond acceptors (Lipinski definition) is 2. The van der Waals surface area contributed by atoms with E-state index < -0.39 is 34.4 Å². The molecular formula is C48H24F4N2. The van der Waals surface area contributed by atoms with Crippen molar-refractivity contribution in [2.75, 3.05) is 0 Å². The Balaban J connectivity index is 1.30. The molecule has 11 aromatic rings. The van der Waals surface area contributed by atoms with Gasteiger partial charge in [-0.3, -0.25) is 0 Å². The molecule has 0 fully saturated rings. The number of pyridine rings is 2. The molecule has 0 aliphatic carbocycles. The van der Waals surface area contributed by atoms with Crippen molar-refractivity contribution < 1.29 is 17.6 Å². The standard InChI is InChI=1S/C48H24F4N2/c49-41-39(37-33-21-17-25-9-1-5-13-29(25)45(33)53-46-30-14-6-2-10-26(30)18-22-34(37)46)42(50)44(52)40(43(41)51)38-35-23-19-27-11-3-7-15-31(27)47(35)54-48-32-16-8-4-12-28(32)20-24-36(38)48/h1-24H. The summed E-state index contributed by atoms with van der Waals surface area (Å²) in [5.41, 5.74) is 0.396. The average molecular weight is 705 g/mol. The zero-order valence-corrected chi connectivity index (χ0v) is 28.3. The fourth-order valence-electron chi connectivity index (χ4n) is 8.43. The summed E-state index contributed by atoms with van der Waals surface area (Å²) in [6.07, 6.45) is 0. The lowest BCUT2D eigenvalue weighted by atomic mass is 9.88. The lowest BCUT2D eigenvalue weighted by Gasteiger charge is -2.19. The Kier molecular flexibility index (Phi) is 6.41. The highest BCUT2D eigenvalue weighted by molar-refractivity contribution is 6.23. The summed E-state index contributed by atoms with van der Waals surface area (Å²) in [6.45, 7) is 0. The third-order valence-corrected chi connectivity index (χ3v) is 10.9. The Bertz CT molecular complexity index is 3000. The van der Waals surface area contributed by atoms with Crippen LogP contribution in [0.1, 0.15) is 0 Å². The zero-order chi connectivity index (χ0) is 36.2. The Labute approximate surface area is 304 Å². The highest BCUT2D eigenvalue weighted by Gasteiger charge is 2.32. The summed E-state index contributed by atoms with van der Waals surface area (Å²) in [4.78, 5) is 10.1. The molecule has 9 aromatic carbocycles. The summed E-state index contributed by atoms with van der Waals surface area (Å²) >= 11 is 0. The minimum atomic E-state index is -1.49. The SMILES string of the molecule is Fc1c(F)c(-c2c3ccc4ccccc4c3nc3c2ccc2ccccc23)c(F)c(F)c1-c1c2ccc3ccccc3c2nc2c1ccc1ccccc12. The molecule has 11 rings (SSSR count). The zero-order valence-electron chi connectivity index (χ0n) is 28.3. The number of fused-ring (bicyclic) bond motifs is 12. The van der Waals surface area contributed by atoms with E-state index in [1.807, 2.05) is 121 Å². The molecule has 0 unspecified atom stereocenters. The molecule has 2 aromatic heterocycles. The van der Waals surface area contributed by atoms with Crippen LogP contribution in [0.15, 0.2) is 146 Å². The molecule has 0 saturated carbocycles. The van der Waals surface area contributed by atoms with Crippen molar-refractivity contribution in [3.05, 3.63) is 169 Å². The number of nitrogens with zero attached hydrogens (tertiary/aromatic N) is 2. The van der Waals surface area contributed by atoms with Crippen molar-refractivity contribution >= 4 is 86.7 Å². The molecule has 0 N–H and O–H groups in total. The molecule has 2 heterocycles. The van der Waals surface area contributed by atoms with Crippen LogP contribution in [-0.2, 0) is 0 Å². The van der Waals surface area contributed by atoms with E-state index in [0.29, 0.717) is 43.6 Å². The predicted octanol–water partition coefficient (Wildman–Crippen LogP) is 13.6. The van der Waals surface area contributed by atoms with Crippen molar-refractivity contribution in [3.63, 3.8) is 0 Å². The van der Waals surface area contributed by atoms with Crippen LogP contribution in [0.25, 0.3) is 109 Å². The van der Waals surface area contributed by atoms with E-state index in [1.54, 1.807) is 24.3 Å². The van der Waals surface area contributed by atoms with Gasteiger partial charge in [-0.2, -0.15) is 0 Å². The van der Waals surface area contributed by atoms with E-state index >= 15 is 17.6 Å². The molecule has 0 amide bonds. The summed E-state index contributed by atoms with van der Waals surface area (Å²) in [5, 5.41) is 7.96. The van der Waals surface area contributed by atoms with Gasteiger partial charge in [-0.1, -0.05) is 146 Å². The predicted molar refractivity (Wildman–Crippen MR) is 213 cm³/mol. The Morgan fingerprint density at radius 2 is 0.481 bits per heavy atom. The van der Waals surface area contributed by atoms with Crippen LogP contribution in [0, 0.1) is 23.3 Å². The van der Waals surface area contributed by atoms with E-state index in [-0.39, 0.29) is 11.1 Å². The molecule has 0 saturated heterocycles. The average Bonchev–Trinajstić information content (AvgIpc) is 3.22. The maximum absolute atomic E-state index is 17.2. The number of halogens is 4. The number of rotatable bonds is 2. The van der Waals surface area contributed by atoms with Gasteiger partial charge in [0.05, 0.1) is 33.2 Å². The van der Waals surface area contributed by atoms with Gasteiger partial charge >= 0.3 is 0 Å². The van der Waals surface area contributed by atoms with Gasteiger partial charge in [0.1, 0.15) is 0 Å². The molecule has 0 bridgehead atoms. The molecule has 0 atom stereocenters. The van der Waals surface area contributed by atoms with Gasteiger partial charge in [0.15, 0.2) is 23.3 Å². The van der Waals surface area contributed by atoms with Gasteiger partial charge in [0.2, 0.25) is 0 Å². The first-order chi connectivity index (χ1) is 26.5. The fraction of sp³-hybridized carbons (Fsp3) is 0. The van der Waals surface area contributed by atoms with E-state index in [2.05, 4.69) is 0 Å². The van der Waals surface area contributed by atoms with E-state index in [9.17, 15) is 0 Å². The van der Waals surface area contributed by atoms with Gasteiger partial charge in [-0.25, -0.2) is 27.5 Å². The third-order valence-electron chi connectivity index (χ3n) is 10.9. The van der Waals surface area contributed by atoms with Crippen LogP contribution in [0.4, 0.5) is 17.6 Å². The quantitative estimate of drug-likeness (QED) is 0.0775. The minimum absolute atomic E-state index is 0.0345. The van der Waals surface area contributed by atoms with Crippen molar-refractivity contribution in [2.24, 2.45) is 0 Å². The highest BCUT2D eigenvalue weighted by Crippen LogP contribution is 2.47. The summed E-state index contributed by atoms with van der Waals surface area (Å²) < 4.78 is 69.0. The van der Waals surface area contributed by atoms with Crippen LogP contribution >= 0.6 is 0 Å². The van der Waals surface area contributed by atoms with Crippen LogP contribution in [0.5, 0.6) is 0 Å². The lowest BCUT2D eigenvalue weighted by Crippen LogP contribution is -2.06. The first-order valence-corrected chi connectivity index (χ1v) is 17.6. The van der Waals surface area contributed by atoms with Crippen molar-refractivity contribution in [1.29, 1.82) is 0 Å². The van der Waals surface area contributed by atoms with Crippen molar-refractivity contribution in [1.82, 2.24) is 9.97 Å². The fourth-order valence-corrected chi connectivity index (χ4v) is 8.43. The van der Waals surface area contributed by atoms with Crippen LogP contribution < -0.4 is 0 Å². The summed E-state index contributed by atoms with van der Waals surface area (Å²) in [5.74, 6) is -5.95. The second-order valence-electron chi connectivity index (χ2n) is 13.7. The second-order valence-corrected chi connectivity index (χ2v) is 13.7. The Morgan fingerprint density at radius 3 is 0.741 bits per heavy atom. The topological polar surface area (TPSA) is 25.8 Å². The lowest BCUT2D eigenvalue weighted by molar-refractivity contribution is 0.463.